The number of nitrogens with zero attached hydrogens (tertiary/aromatic N) is 2. The van der Waals surface area contributed by atoms with Crippen LogP contribution in [-0.2, 0) is 16.8 Å². The van der Waals surface area contributed by atoms with Gasteiger partial charge in [-0.05, 0) is 31.4 Å². The van der Waals surface area contributed by atoms with Gasteiger partial charge in [0.2, 0.25) is 17.6 Å². The van der Waals surface area contributed by atoms with Crippen molar-refractivity contribution in [1.82, 2.24) is 15.5 Å². The van der Waals surface area contributed by atoms with Crippen LogP contribution in [0.1, 0.15) is 42.7 Å². The van der Waals surface area contributed by atoms with Crippen LogP contribution < -0.4 is 5.32 Å². The van der Waals surface area contributed by atoms with Gasteiger partial charge in [-0.1, -0.05) is 72.1 Å². The van der Waals surface area contributed by atoms with Gasteiger partial charge in [0.25, 0.3) is 0 Å². The van der Waals surface area contributed by atoms with Crippen LogP contribution in [0.5, 0.6) is 0 Å². The number of nitrogens with one attached hydrogen (secondary N) is 1. The van der Waals surface area contributed by atoms with Crippen LogP contribution >= 0.6 is 0 Å². The molecular weight excluding hydrogens is 338 g/mol. The Morgan fingerprint density at radius 3 is 2.63 bits per heavy atom. The molecular formula is C22H23N3O2. The summed E-state index contributed by atoms with van der Waals surface area (Å²) in [5, 5.41) is 7.06. The third-order valence-corrected chi connectivity index (χ3v) is 5.36. The van der Waals surface area contributed by atoms with Gasteiger partial charge in [0, 0.05) is 5.56 Å². The maximum absolute atomic E-state index is 13.1. The van der Waals surface area contributed by atoms with Crippen molar-refractivity contribution in [3.63, 3.8) is 0 Å². The van der Waals surface area contributed by atoms with E-state index in [-0.39, 0.29) is 12.5 Å². The van der Waals surface area contributed by atoms with Gasteiger partial charge >= 0.3 is 0 Å². The van der Waals surface area contributed by atoms with E-state index in [1.807, 2.05) is 61.5 Å². The van der Waals surface area contributed by atoms with Crippen LogP contribution in [0.25, 0.3) is 11.4 Å². The summed E-state index contributed by atoms with van der Waals surface area (Å²) in [4.78, 5) is 17.5. The number of carbonyl (C=O) groups excluding carboxylic acids is 1. The second kappa shape index (κ2) is 7.35. The first-order valence-corrected chi connectivity index (χ1v) is 9.41. The number of carbonyl (C=O) groups is 1. The summed E-state index contributed by atoms with van der Waals surface area (Å²) in [6, 6.07) is 18.0. The van der Waals surface area contributed by atoms with Crippen molar-refractivity contribution in [1.29, 1.82) is 0 Å². The minimum Gasteiger partial charge on any atom is -0.346 e. The monoisotopic (exact) mass is 361 g/mol. The third-order valence-electron chi connectivity index (χ3n) is 5.36. The minimum atomic E-state index is -0.444. The second-order valence-electron chi connectivity index (χ2n) is 7.22. The first kappa shape index (κ1) is 17.5. The molecule has 4 rings (SSSR count). The Balaban J connectivity index is 1.48. The van der Waals surface area contributed by atoms with Crippen LogP contribution in [0.3, 0.4) is 0 Å². The van der Waals surface area contributed by atoms with Gasteiger partial charge in [0.1, 0.15) is 0 Å². The standard InChI is InChI=1S/C22H23N3O2/c1-16-8-7-9-17(14-16)20-24-19(27-25-20)15-23-21(26)22(12-5-6-13-22)18-10-3-2-4-11-18/h2-4,7-11,14H,5-6,12-13,15H2,1H3,(H,23,26). The van der Waals surface area contributed by atoms with Gasteiger partial charge in [0.05, 0.1) is 12.0 Å². The zero-order chi connectivity index (χ0) is 18.7. The van der Waals surface area contributed by atoms with Gasteiger partial charge in [-0.15, -0.1) is 0 Å². The predicted molar refractivity (Wildman–Crippen MR) is 103 cm³/mol. The fourth-order valence-electron chi connectivity index (χ4n) is 3.94. The lowest BCUT2D eigenvalue weighted by Gasteiger charge is -2.28. The van der Waals surface area contributed by atoms with E-state index < -0.39 is 5.41 Å². The van der Waals surface area contributed by atoms with Gasteiger partial charge in [-0.2, -0.15) is 4.98 Å². The largest absolute Gasteiger partial charge is 0.346 e. The van der Waals surface area contributed by atoms with Crippen molar-refractivity contribution >= 4 is 5.91 Å². The molecule has 1 aromatic heterocycles. The Morgan fingerprint density at radius 2 is 1.89 bits per heavy atom. The van der Waals surface area contributed by atoms with Crippen LogP contribution in [-0.4, -0.2) is 16.0 Å². The average molecular weight is 361 g/mol. The highest BCUT2D eigenvalue weighted by Crippen LogP contribution is 2.41. The Morgan fingerprint density at radius 1 is 1.11 bits per heavy atom. The molecule has 5 heteroatoms. The van der Waals surface area contributed by atoms with E-state index in [4.69, 9.17) is 4.52 Å². The Labute approximate surface area is 158 Å². The van der Waals surface area contributed by atoms with Gasteiger partial charge < -0.3 is 9.84 Å². The molecule has 0 saturated heterocycles. The normalized spacial score (nSPS) is 15.6. The zero-order valence-electron chi connectivity index (χ0n) is 15.4. The number of hydrogen-bond donors (Lipinski definition) is 1. The summed E-state index contributed by atoms with van der Waals surface area (Å²) in [7, 11) is 0. The molecule has 1 saturated carbocycles. The SMILES string of the molecule is Cc1cccc(-c2noc(CNC(=O)C3(c4ccccc4)CCCC3)n2)c1. The molecule has 138 valence electrons. The minimum absolute atomic E-state index is 0.0431. The molecule has 1 amide bonds. The second-order valence-corrected chi connectivity index (χ2v) is 7.22. The maximum atomic E-state index is 13.1. The molecule has 0 radical (unpaired) electrons. The topological polar surface area (TPSA) is 68.0 Å². The molecule has 0 bridgehead atoms. The molecule has 0 aliphatic heterocycles. The predicted octanol–water partition coefficient (Wildman–Crippen LogP) is 4.17. The summed E-state index contributed by atoms with van der Waals surface area (Å²) < 4.78 is 5.33. The van der Waals surface area contributed by atoms with Crippen molar-refractivity contribution in [2.24, 2.45) is 0 Å². The number of rotatable bonds is 5. The molecule has 1 N–H and O–H groups in total. The maximum Gasteiger partial charge on any atom is 0.246 e. The van der Waals surface area contributed by atoms with Gasteiger partial charge in [0.15, 0.2) is 0 Å². The van der Waals surface area contributed by atoms with Crippen LogP contribution in [0.4, 0.5) is 0 Å². The van der Waals surface area contributed by atoms with E-state index in [1.165, 1.54) is 0 Å². The van der Waals surface area contributed by atoms with E-state index in [0.717, 1.165) is 42.4 Å². The van der Waals surface area contributed by atoms with E-state index in [9.17, 15) is 4.79 Å². The molecule has 0 spiro atoms. The van der Waals surface area contributed by atoms with Crippen LogP contribution in [0.2, 0.25) is 0 Å². The fourth-order valence-corrected chi connectivity index (χ4v) is 3.94. The lowest BCUT2D eigenvalue weighted by Crippen LogP contribution is -2.42. The number of hydrogen-bond acceptors (Lipinski definition) is 4. The molecule has 1 aliphatic rings. The Kier molecular flexibility index (Phi) is 4.75. The highest BCUT2D eigenvalue weighted by molar-refractivity contribution is 5.88. The van der Waals surface area contributed by atoms with Crippen molar-refractivity contribution < 1.29 is 9.32 Å². The number of aromatic nitrogens is 2. The zero-order valence-corrected chi connectivity index (χ0v) is 15.4. The van der Waals surface area contributed by atoms with Crippen molar-refractivity contribution in [3.8, 4) is 11.4 Å². The summed E-state index contributed by atoms with van der Waals surface area (Å²) in [6.07, 6.45) is 3.89. The molecule has 1 aliphatic carbocycles. The summed E-state index contributed by atoms with van der Waals surface area (Å²) in [5.41, 5.74) is 2.69. The molecule has 1 heterocycles. The Bertz CT molecular complexity index is 927. The van der Waals surface area contributed by atoms with Crippen molar-refractivity contribution in [3.05, 3.63) is 71.6 Å². The highest BCUT2D eigenvalue weighted by atomic mass is 16.5. The first-order chi connectivity index (χ1) is 13.2. The number of aryl methyl sites for hydroxylation is 1. The van der Waals surface area contributed by atoms with Crippen molar-refractivity contribution in [2.45, 2.75) is 44.6 Å². The molecule has 27 heavy (non-hydrogen) atoms. The van der Waals surface area contributed by atoms with Gasteiger partial charge in [-0.25, -0.2) is 0 Å². The summed E-state index contributed by atoms with van der Waals surface area (Å²) in [6.45, 7) is 2.27. The van der Waals surface area contributed by atoms with Gasteiger partial charge in [-0.3, -0.25) is 4.79 Å². The molecule has 3 aromatic rings. The quantitative estimate of drug-likeness (QED) is 0.740. The van der Waals surface area contributed by atoms with E-state index in [1.54, 1.807) is 0 Å². The molecule has 5 nitrogen and oxygen atoms in total. The lowest BCUT2D eigenvalue weighted by atomic mass is 9.78. The summed E-state index contributed by atoms with van der Waals surface area (Å²) >= 11 is 0. The van der Waals surface area contributed by atoms with E-state index >= 15 is 0 Å². The smallest absolute Gasteiger partial charge is 0.246 e. The molecule has 0 unspecified atom stereocenters. The first-order valence-electron chi connectivity index (χ1n) is 9.41. The molecule has 2 aromatic carbocycles. The highest BCUT2D eigenvalue weighted by Gasteiger charge is 2.42. The Hall–Kier alpha value is -2.95. The van der Waals surface area contributed by atoms with Crippen molar-refractivity contribution in [2.75, 3.05) is 0 Å². The summed E-state index contributed by atoms with van der Waals surface area (Å²) in [5.74, 6) is 1.00. The van der Waals surface area contributed by atoms with E-state index in [2.05, 4.69) is 15.5 Å². The fraction of sp³-hybridized carbons (Fsp3) is 0.318. The average Bonchev–Trinajstić information content (AvgIpc) is 3.37. The number of benzene rings is 2. The third kappa shape index (κ3) is 3.50. The number of amides is 1. The van der Waals surface area contributed by atoms with Crippen LogP contribution in [0, 0.1) is 6.92 Å². The molecule has 1 fully saturated rings. The lowest BCUT2D eigenvalue weighted by molar-refractivity contribution is -0.127. The van der Waals surface area contributed by atoms with E-state index in [0.29, 0.717) is 11.7 Å². The van der Waals surface area contributed by atoms with Crippen LogP contribution in [0.15, 0.2) is 59.1 Å². The molecule has 0 atom stereocenters.